The monoisotopic (exact) mass is 380 g/mol. The van der Waals surface area contributed by atoms with Crippen molar-refractivity contribution >= 4 is 39.7 Å². The highest BCUT2D eigenvalue weighted by Gasteiger charge is 2.09. The number of carbonyl (C=O) groups excluding carboxylic acids is 1. The van der Waals surface area contributed by atoms with Crippen molar-refractivity contribution in [2.45, 2.75) is 0 Å². The average molecular weight is 380 g/mol. The van der Waals surface area contributed by atoms with Crippen LogP contribution >= 0.6 is 12.2 Å². The molecule has 3 rings (SSSR count). The van der Waals surface area contributed by atoms with Crippen molar-refractivity contribution in [1.82, 2.24) is 5.32 Å². The third-order valence-corrected chi connectivity index (χ3v) is 4.14. The van der Waals surface area contributed by atoms with Gasteiger partial charge in [-0.3, -0.25) is 10.1 Å². The smallest absolute Gasteiger partial charge is 0.257 e. The van der Waals surface area contributed by atoms with Gasteiger partial charge in [-0.25, -0.2) is 0 Å². The highest BCUT2D eigenvalue weighted by Crippen LogP contribution is 2.22. The van der Waals surface area contributed by atoms with Crippen LogP contribution in [0.5, 0.6) is 5.75 Å². The Hall–Kier alpha value is -2.96. The van der Waals surface area contributed by atoms with E-state index in [9.17, 15) is 4.79 Å². The van der Waals surface area contributed by atoms with E-state index >= 15 is 0 Å². The maximum absolute atomic E-state index is 12.4. The zero-order valence-corrected chi connectivity index (χ0v) is 15.7. The normalized spacial score (nSPS) is 10.4. The van der Waals surface area contributed by atoms with Gasteiger partial charge in [-0.05, 0) is 47.9 Å². The molecule has 0 fully saturated rings. The number of hydrogen-bond acceptors (Lipinski definition) is 4. The van der Waals surface area contributed by atoms with Gasteiger partial charge in [0.2, 0.25) is 0 Å². The zero-order chi connectivity index (χ0) is 19.1. The Kier molecular flexibility index (Phi) is 6.35. The second-order valence-corrected chi connectivity index (χ2v) is 6.21. The molecule has 0 heterocycles. The number of carbonyl (C=O) groups is 1. The lowest BCUT2D eigenvalue weighted by molar-refractivity contribution is 0.0977. The fraction of sp³-hybridized carbons (Fsp3) is 0.143. The van der Waals surface area contributed by atoms with E-state index in [-0.39, 0.29) is 11.0 Å². The van der Waals surface area contributed by atoms with E-state index in [4.69, 9.17) is 21.7 Å². The lowest BCUT2D eigenvalue weighted by Gasteiger charge is -2.12. The Bertz CT molecular complexity index is 936. The van der Waals surface area contributed by atoms with Gasteiger partial charge < -0.3 is 14.8 Å². The number of benzene rings is 3. The van der Waals surface area contributed by atoms with Gasteiger partial charge >= 0.3 is 0 Å². The van der Waals surface area contributed by atoms with Gasteiger partial charge in [-0.1, -0.05) is 36.4 Å². The molecule has 0 saturated heterocycles. The summed E-state index contributed by atoms with van der Waals surface area (Å²) in [5, 5.41) is 8.18. The maximum Gasteiger partial charge on any atom is 0.257 e. The van der Waals surface area contributed by atoms with Gasteiger partial charge in [0.15, 0.2) is 5.11 Å². The molecule has 0 aliphatic carbocycles. The van der Waals surface area contributed by atoms with Crippen LogP contribution in [0.2, 0.25) is 0 Å². The Balaban J connectivity index is 1.61. The van der Waals surface area contributed by atoms with E-state index in [1.54, 1.807) is 31.4 Å². The summed E-state index contributed by atoms with van der Waals surface area (Å²) in [5.41, 5.74) is 1.34. The molecule has 3 aromatic carbocycles. The Morgan fingerprint density at radius 2 is 1.70 bits per heavy atom. The van der Waals surface area contributed by atoms with Gasteiger partial charge in [0.25, 0.3) is 5.91 Å². The predicted octanol–water partition coefficient (Wildman–Crippen LogP) is 3.99. The van der Waals surface area contributed by atoms with Gasteiger partial charge in [0.1, 0.15) is 12.4 Å². The molecular formula is C21H20N2O3S. The van der Waals surface area contributed by atoms with Crippen LogP contribution in [0.3, 0.4) is 0 Å². The summed E-state index contributed by atoms with van der Waals surface area (Å²) in [5.74, 6) is 0.399. The lowest BCUT2D eigenvalue weighted by atomic mass is 10.1. The van der Waals surface area contributed by atoms with Crippen LogP contribution in [0.1, 0.15) is 10.4 Å². The van der Waals surface area contributed by atoms with E-state index in [0.717, 1.165) is 16.5 Å². The Morgan fingerprint density at radius 3 is 2.48 bits per heavy atom. The van der Waals surface area contributed by atoms with Crippen molar-refractivity contribution in [3.05, 3.63) is 72.3 Å². The van der Waals surface area contributed by atoms with Crippen molar-refractivity contribution in [2.75, 3.05) is 25.6 Å². The van der Waals surface area contributed by atoms with E-state index < -0.39 is 0 Å². The van der Waals surface area contributed by atoms with Gasteiger partial charge in [0.05, 0.1) is 6.61 Å². The maximum atomic E-state index is 12.4. The number of fused-ring (bicyclic) bond motifs is 1. The molecule has 3 aromatic rings. The number of hydrogen-bond donors (Lipinski definition) is 2. The quantitative estimate of drug-likeness (QED) is 0.500. The standard InChI is InChI=1S/C21H20N2O3S/c1-25-13-14-26-17-11-9-16(10-12-17)20(24)23-21(27)22-19-8-4-6-15-5-2-3-7-18(15)19/h2-12H,13-14H2,1H3,(H2,22,23,24,27). The first-order valence-electron chi connectivity index (χ1n) is 8.49. The van der Waals surface area contributed by atoms with Crippen LogP contribution in [-0.2, 0) is 4.74 Å². The highest BCUT2D eigenvalue weighted by atomic mass is 32.1. The van der Waals surface area contributed by atoms with E-state index in [0.29, 0.717) is 24.5 Å². The zero-order valence-electron chi connectivity index (χ0n) is 14.9. The van der Waals surface area contributed by atoms with Crippen LogP contribution in [0.4, 0.5) is 5.69 Å². The number of rotatable bonds is 6. The number of methoxy groups -OCH3 is 1. The summed E-state index contributed by atoms with van der Waals surface area (Å²) in [6.07, 6.45) is 0. The molecule has 138 valence electrons. The van der Waals surface area contributed by atoms with Crippen LogP contribution in [0, 0.1) is 0 Å². The molecule has 0 atom stereocenters. The molecular weight excluding hydrogens is 360 g/mol. The lowest BCUT2D eigenvalue weighted by Crippen LogP contribution is -2.34. The summed E-state index contributed by atoms with van der Waals surface area (Å²) in [6, 6.07) is 20.7. The van der Waals surface area contributed by atoms with Crippen molar-refractivity contribution in [1.29, 1.82) is 0 Å². The number of anilines is 1. The molecule has 2 N–H and O–H groups in total. The van der Waals surface area contributed by atoms with Crippen LogP contribution in [-0.4, -0.2) is 31.3 Å². The molecule has 6 heteroatoms. The van der Waals surface area contributed by atoms with E-state index in [1.807, 2.05) is 42.5 Å². The predicted molar refractivity (Wildman–Crippen MR) is 111 cm³/mol. The van der Waals surface area contributed by atoms with Crippen LogP contribution < -0.4 is 15.4 Å². The topological polar surface area (TPSA) is 59.6 Å². The van der Waals surface area contributed by atoms with Crippen LogP contribution in [0.25, 0.3) is 10.8 Å². The first-order valence-corrected chi connectivity index (χ1v) is 8.90. The van der Waals surface area contributed by atoms with Crippen molar-refractivity contribution in [3.63, 3.8) is 0 Å². The number of nitrogens with one attached hydrogen (secondary N) is 2. The minimum absolute atomic E-state index is 0.247. The third-order valence-electron chi connectivity index (χ3n) is 3.94. The summed E-state index contributed by atoms with van der Waals surface area (Å²) in [7, 11) is 1.62. The summed E-state index contributed by atoms with van der Waals surface area (Å²) in [4.78, 5) is 12.4. The molecule has 1 amide bonds. The molecule has 0 bridgehead atoms. The SMILES string of the molecule is COCCOc1ccc(C(=O)NC(=S)Nc2cccc3ccccc23)cc1. The van der Waals surface area contributed by atoms with Crippen LogP contribution in [0.15, 0.2) is 66.7 Å². The first-order chi connectivity index (χ1) is 13.2. The van der Waals surface area contributed by atoms with Gasteiger partial charge in [0, 0.05) is 23.7 Å². The highest BCUT2D eigenvalue weighted by molar-refractivity contribution is 7.80. The minimum atomic E-state index is -0.281. The summed E-state index contributed by atoms with van der Waals surface area (Å²) in [6.45, 7) is 0.970. The Morgan fingerprint density at radius 1 is 0.963 bits per heavy atom. The molecule has 0 unspecified atom stereocenters. The van der Waals surface area contributed by atoms with Gasteiger partial charge in [-0.15, -0.1) is 0 Å². The molecule has 0 spiro atoms. The molecule has 0 radical (unpaired) electrons. The van der Waals surface area contributed by atoms with Crippen molar-refractivity contribution in [2.24, 2.45) is 0 Å². The largest absolute Gasteiger partial charge is 0.491 e. The second kappa shape index (κ2) is 9.12. The van der Waals surface area contributed by atoms with Crippen molar-refractivity contribution in [3.8, 4) is 5.75 Å². The summed E-state index contributed by atoms with van der Waals surface area (Å²) < 4.78 is 10.4. The average Bonchev–Trinajstić information content (AvgIpc) is 2.69. The molecule has 27 heavy (non-hydrogen) atoms. The molecule has 0 aliphatic heterocycles. The third kappa shape index (κ3) is 5.03. The molecule has 5 nitrogen and oxygen atoms in total. The summed E-state index contributed by atoms with van der Waals surface area (Å²) >= 11 is 5.29. The number of amides is 1. The van der Waals surface area contributed by atoms with E-state index in [1.165, 1.54) is 0 Å². The minimum Gasteiger partial charge on any atom is -0.491 e. The molecule has 0 aliphatic rings. The number of ether oxygens (including phenoxy) is 2. The van der Waals surface area contributed by atoms with E-state index in [2.05, 4.69) is 10.6 Å². The molecule has 0 saturated carbocycles. The molecule has 0 aromatic heterocycles. The number of thiocarbonyl (C=S) groups is 1. The fourth-order valence-electron chi connectivity index (χ4n) is 2.61. The van der Waals surface area contributed by atoms with Crippen molar-refractivity contribution < 1.29 is 14.3 Å². The fourth-order valence-corrected chi connectivity index (χ4v) is 2.81. The van der Waals surface area contributed by atoms with Gasteiger partial charge in [-0.2, -0.15) is 0 Å². The first kappa shape index (κ1) is 18.8. The Labute approximate surface area is 163 Å². The second-order valence-electron chi connectivity index (χ2n) is 5.80.